The minimum absolute atomic E-state index is 0.0449. The van der Waals surface area contributed by atoms with Gasteiger partial charge in [-0.25, -0.2) is 4.39 Å². The van der Waals surface area contributed by atoms with E-state index in [0.29, 0.717) is 22.8 Å². The molecular formula is C29H34FN2O7P. The number of hydrogen-bond donors (Lipinski definition) is 1. The monoisotopic (exact) mass is 572 g/mol. The first-order valence-corrected chi connectivity index (χ1v) is 13.8. The van der Waals surface area contributed by atoms with Crippen LogP contribution < -0.4 is 14.8 Å². The highest BCUT2D eigenvalue weighted by Gasteiger charge is 2.28. The van der Waals surface area contributed by atoms with E-state index in [-0.39, 0.29) is 55.5 Å². The van der Waals surface area contributed by atoms with Crippen molar-refractivity contribution in [1.82, 2.24) is 10.3 Å². The van der Waals surface area contributed by atoms with Crippen LogP contribution >= 0.6 is 8.38 Å². The fourth-order valence-corrected chi connectivity index (χ4v) is 4.40. The van der Waals surface area contributed by atoms with Gasteiger partial charge in [-0.2, -0.15) is 0 Å². The molecule has 0 aliphatic heterocycles. The molecule has 0 radical (unpaired) electrons. The van der Waals surface area contributed by atoms with Gasteiger partial charge in [0, 0.05) is 25.2 Å². The summed E-state index contributed by atoms with van der Waals surface area (Å²) in [5.74, 6) is -0.832. The summed E-state index contributed by atoms with van der Waals surface area (Å²) in [5, 5.41) is 3.19. The van der Waals surface area contributed by atoms with Crippen LogP contribution in [-0.4, -0.2) is 50.6 Å². The SMILES string of the molecule is C=CCOP(COc1c(C=O)c(C(=O)NCc2ccc(F)cc2)c(OCOC)c2ncccc12)OCC=C.CC. The lowest BCUT2D eigenvalue weighted by molar-refractivity contribution is 0.0509. The Labute approximate surface area is 234 Å². The molecule has 0 aliphatic carbocycles. The van der Waals surface area contributed by atoms with Gasteiger partial charge in [0.1, 0.15) is 17.1 Å². The van der Waals surface area contributed by atoms with Crippen LogP contribution in [0.4, 0.5) is 4.39 Å². The maximum atomic E-state index is 13.4. The topological polar surface area (TPSA) is 105 Å². The number of methoxy groups -OCH3 is 1. The van der Waals surface area contributed by atoms with Crippen molar-refractivity contribution >= 4 is 31.5 Å². The van der Waals surface area contributed by atoms with Gasteiger partial charge in [0.15, 0.2) is 25.2 Å². The number of carbonyl (C=O) groups excluding carboxylic acids is 2. The predicted octanol–water partition coefficient (Wildman–Crippen LogP) is 6.18. The second-order valence-corrected chi connectivity index (χ2v) is 9.04. The van der Waals surface area contributed by atoms with Crippen LogP contribution in [0.1, 0.15) is 40.1 Å². The molecule has 0 atom stereocenters. The van der Waals surface area contributed by atoms with E-state index in [1.807, 2.05) is 13.8 Å². The van der Waals surface area contributed by atoms with Crippen LogP contribution in [-0.2, 0) is 20.3 Å². The molecule has 0 saturated heterocycles. The minimum atomic E-state index is -1.53. The van der Waals surface area contributed by atoms with Gasteiger partial charge in [-0.1, -0.05) is 38.1 Å². The second kappa shape index (κ2) is 17.8. The Hall–Kier alpha value is -3.69. The Morgan fingerprint density at radius 1 is 1.05 bits per heavy atom. The van der Waals surface area contributed by atoms with E-state index in [9.17, 15) is 14.0 Å². The van der Waals surface area contributed by atoms with Gasteiger partial charge in [0.25, 0.3) is 5.91 Å². The number of aldehydes is 1. The van der Waals surface area contributed by atoms with E-state index in [2.05, 4.69) is 23.5 Å². The van der Waals surface area contributed by atoms with E-state index >= 15 is 0 Å². The molecule has 0 bridgehead atoms. The largest absolute Gasteiger partial charge is 0.483 e. The van der Waals surface area contributed by atoms with Crippen molar-refractivity contribution in [2.75, 3.05) is 33.5 Å². The first kappa shape index (κ1) is 32.5. The van der Waals surface area contributed by atoms with Crippen molar-refractivity contribution in [2.24, 2.45) is 0 Å². The third-order valence-electron chi connectivity index (χ3n) is 5.03. The lowest BCUT2D eigenvalue weighted by atomic mass is 10.00. The van der Waals surface area contributed by atoms with Crippen LogP contribution in [0.25, 0.3) is 10.9 Å². The zero-order valence-corrected chi connectivity index (χ0v) is 23.7. The van der Waals surface area contributed by atoms with Crippen molar-refractivity contribution in [3.63, 3.8) is 0 Å². The average Bonchev–Trinajstić information content (AvgIpc) is 2.99. The predicted molar refractivity (Wildman–Crippen MR) is 153 cm³/mol. The van der Waals surface area contributed by atoms with Crippen LogP contribution in [0.5, 0.6) is 11.5 Å². The minimum Gasteiger partial charge on any atom is -0.483 e. The number of rotatable bonds is 16. The summed E-state index contributed by atoms with van der Waals surface area (Å²) in [6, 6.07) is 9.04. The van der Waals surface area contributed by atoms with E-state index in [1.165, 1.54) is 25.4 Å². The number of pyridine rings is 1. The van der Waals surface area contributed by atoms with Gasteiger partial charge in [-0.3, -0.25) is 14.6 Å². The summed E-state index contributed by atoms with van der Waals surface area (Å²) in [5.41, 5.74) is 0.825. The van der Waals surface area contributed by atoms with E-state index in [0.717, 1.165) is 0 Å². The molecule has 40 heavy (non-hydrogen) atoms. The summed E-state index contributed by atoms with van der Waals surface area (Å²) in [6.07, 6.45) is 5.16. The number of nitrogens with zero attached hydrogens (tertiary/aromatic N) is 1. The zero-order chi connectivity index (χ0) is 29.3. The maximum Gasteiger partial charge on any atom is 0.256 e. The van der Waals surface area contributed by atoms with Gasteiger partial charge in [-0.05, 0) is 29.8 Å². The van der Waals surface area contributed by atoms with Crippen molar-refractivity contribution in [1.29, 1.82) is 0 Å². The summed E-state index contributed by atoms with van der Waals surface area (Å²) >= 11 is 0. The molecule has 3 aromatic rings. The summed E-state index contributed by atoms with van der Waals surface area (Å²) in [6.45, 7) is 11.6. The average molecular weight is 573 g/mol. The van der Waals surface area contributed by atoms with Gasteiger partial charge in [0.2, 0.25) is 8.38 Å². The standard InChI is InChI=1S/C27H28FN2O7P.C2H6/c1-4-13-36-38(37-14-5-2)18-35-25-21-7-6-12-29-24(21)26(34-17-33-3)23(22(25)16-31)27(32)30-15-19-8-10-20(28)11-9-19;1-2/h4-12,16H,1-2,13-15,17-18H2,3H3,(H,30,32);1-2H3. The number of hydrogen-bond acceptors (Lipinski definition) is 8. The molecule has 11 heteroatoms. The number of ether oxygens (including phenoxy) is 3. The molecule has 1 heterocycles. The van der Waals surface area contributed by atoms with Crippen LogP contribution in [0.2, 0.25) is 0 Å². The van der Waals surface area contributed by atoms with Crippen LogP contribution in [0.3, 0.4) is 0 Å². The molecule has 3 rings (SSSR count). The number of carbonyl (C=O) groups is 2. The fourth-order valence-electron chi connectivity index (χ4n) is 3.39. The third-order valence-corrected chi connectivity index (χ3v) is 6.24. The van der Waals surface area contributed by atoms with Crippen molar-refractivity contribution in [2.45, 2.75) is 20.4 Å². The van der Waals surface area contributed by atoms with Crippen molar-refractivity contribution in [3.8, 4) is 11.5 Å². The van der Waals surface area contributed by atoms with E-state index in [1.54, 1.807) is 36.4 Å². The Kier molecular flexibility index (Phi) is 14.5. The van der Waals surface area contributed by atoms with Crippen molar-refractivity contribution in [3.05, 3.63) is 90.4 Å². The normalized spacial score (nSPS) is 10.4. The molecular weight excluding hydrogens is 538 g/mol. The number of amides is 1. The molecule has 0 spiro atoms. The molecule has 0 aliphatic rings. The quantitative estimate of drug-likeness (QED) is 0.0939. The maximum absolute atomic E-state index is 13.4. The van der Waals surface area contributed by atoms with Gasteiger partial charge < -0.3 is 28.6 Å². The Balaban J connectivity index is 0.00000274. The van der Waals surface area contributed by atoms with E-state index < -0.39 is 20.1 Å². The highest BCUT2D eigenvalue weighted by molar-refractivity contribution is 7.47. The molecule has 0 fully saturated rings. The fraction of sp³-hybridized carbons (Fsp3) is 0.276. The molecule has 1 N–H and O–H groups in total. The first-order valence-electron chi connectivity index (χ1n) is 12.5. The highest BCUT2D eigenvalue weighted by Crippen LogP contribution is 2.43. The summed E-state index contributed by atoms with van der Waals surface area (Å²) < 4.78 is 41.4. The number of halogens is 1. The molecule has 1 aromatic heterocycles. The molecule has 0 saturated carbocycles. The van der Waals surface area contributed by atoms with Gasteiger partial charge in [-0.15, -0.1) is 13.2 Å². The third kappa shape index (κ3) is 8.93. The Morgan fingerprint density at radius 3 is 2.33 bits per heavy atom. The number of nitrogens with one attached hydrogen (secondary N) is 1. The number of benzene rings is 2. The van der Waals surface area contributed by atoms with E-state index in [4.69, 9.17) is 23.3 Å². The number of fused-ring (bicyclic) bond motifs is 1. The van der Waals surface area contributed by atoms with Gasteiger partial charge >= 0.3 is 0 Å². The van der Waals surface area contributed by atoms with Crippen molar-refractivity contribution < 1.29 is 37.2 Å². The zero-order valence-electron chi connectivity index (χ0n) is 22.9. The Bertz CT molecular complexity index is 1260. The second-order valence-electron chi connectivity index (χ2n) is 7.60. The molecule has 0 unspecified atom stereocenters. The smallest absolute Gasteiger partial charge is 0.256 e. The Morgan fingerprint density at radius 2 is 1.73 bits per heavy atom. The molecule has 214 valence electrons. The first-order chi connectivity index (χ1) is 19.5. The molecule has 9 nitrogen and oxygen atoms in total. The summed E-state index contributed by atoms with van der Waals surface area (Å²) in [7, 11) is -0.107. The molecule has 2 aromatic carbocycles. The van der Waals surface area contributed by atoms with Crippen LogP contribution in [0, 0.1) is 5.82 Å². The van der Waals surface area contributed by atoms with Crippen LogP contribution in [0.15, 0.2) is 67.9 Å². The lowest BCUT2D eigenvalue weighted by Crippen LogP contribution is -2.25. The molecule has 1 amide bonds. The van der Waals surface area contributed by atoms with Gasteiger partial charge in [0.05, 0.1) is 24.3 Å². The lowest BCUT2D eigenvalue weighted by Gasteiger charge is -2.21. The summed E-state index contributed by atoms with van der Waals surface area (Å²) in [4.78, 5) is 30.3. The number of aromatic nitrogens is 1. The highest BCUT2D eigenvalue weighted by atomic mass is 31.2.